The first kappa shape index (κ1) is 13.4. The topological polar surface area (TPSA) is 88.0 Å². The maximum absolute atomic E-state index is 12.1. The van der Waals surface area contributed by atoms with Crippen molar-refractivity contribution in [2.75, 3.05) is 0 Å². The number of aromatic nitrogens is 1. The van der Waals surface area contributed by atoms with Crippen LogP contribution in [-0.2, 0) is 11.3 Å². The van der Waals surface area contributed by atoms with E-state index in [4.69, 9.17) is 4.42 Å². The first-order valence-corrected chi connectivity index (χ1v) is 6.84. The maximum atomic E-state index is 12.1. The fourth-order valence-corrected chi connectivity index (χ4v) is 2.52. The molecular weight excluding hydrogens is 270 g/mol. The van der Waals surface area contributed by atoms with Gasteiger partial charge in [0.25, 0.3) is 0 Å². The number of rotatable bonds is 4. The van der Waals surface area contributed by atoms with Gasteiger partial charge in [-0.15, -0.1) is 0 Å². The molecule has 1 N–H and O–H groups in total. The van der Waals surface area contributed by atoms with Crippen molar-refractivity contribution in [1.82, 2.24) is 9.88 Å². The van der Waals surface area contributed by atoms with Crippen molar-refractivity contribution >= 4 is 17.0 Å². The van der Waals surface area contributed by atoms with Crippen molar-refractivity contribution in [2.45, 2.75) is 31.8 Å². The second-order valence-corrected chi connectivity index (χ2v) is 5.56. The van der Waals surface area contributed by atoms with E-state index >= 15 is 0 Å². The first-order chi connectivity index (χ1) is 10.0. The smallest absolute Gasteiger partial charge is 0.408 e. The quantitative estimate of drug-likeness (QED) is 0.919. The molecular formula is C15H15N3O3. The van der Waals surface area contributed by atoms with Crippen LogP contribution >= 0.6 is 0 Å². The molecule has 1 aromatic heterocycles. The molecule has 0 bridgehead atoms. The molecule has 1 aliphatic carbocycles. The van der Waals surface area contributed by atoms with Crippen molar-refractivity contribution in [2.24, 2.45) is 5.92 Å². The summed E-state index contributed by atoms with van der Waals surface area (Å²) in [6.45, 7) is 1.57. The third kappa shape index (κ3) is 2.42. The van der Waals surface area contributed by atoms with E-state index in [-0.39, 0.29) is 18.4 Å². The highest BCUT2D eigenvalue weighted by molar-refractivity contribution is 5.80. The predicted octanol–water partition coefficient (Wildman–Crippen LogP) is 1.40. The zero-order chi connectivity index (χ0) is 15.0. The standard InChI is InChI=1S/C15H15N3O3/c1-15(9-16,10-6-7-10)17-13(19)8-18-11-4-2-3-5-12(11)21-14(18)20/h2-5,10H,6-8H2,1H3,(H,17,19)/t15-/m1/s1. The summed E-state index contributed by atoms with van der Waals surface area (Å²) in [5.41, 5.74) is 0.156. The van der Waals surface area contributed by atoms with Crippen LogP contribution in [-0.4, -0.2) is 16.0 Å². The maximum Gasteiger partial charge on any atom is 0.420 e. The zero-order valence-corrected chi connectivity index (χ0v) is 11.6. The number of benzene rings is 1. The molecule has 0 unspecified atom stereocenters. The van der Waals surface area contributed by atoms with Crippen LogP contribution < -0.4 is 11.1 Å². The fourth-order valence-electron chi connectivity index (χ4n) is 2.52. The molecule has 0 radical (unpaired) electrons. The molecule has 2 aromatic rings. The van der Waals surface area contributed by atoms with Crippen LogP contribution in [0.5, 0.6) is 0 Å². The predicted molar refractivity (Wildman–Crippen MR) is 75.4 cm³/mol. The summed E-state index contributed by atoms with van der Waals surface area (Å²) in [5.74, 6) is -0.736. The summed E-state index contributed by atoms with van der Waals surface area (Å²) in [4.78, 5) is 24.0. The molecule has 0 spiro atoms. The van der Waals surface area contributed by atoms with Gasteiger partial charge in [-0.05, 0) is 37.8 Å². The Balaban J connectivity index is 1.82. The van der Waals surface area contributed by atoms with E-state index in [0.717, 1.165) is 12.8 Å². The van der Waals surface area contributed by atoms with Crippen LogP contribution in [0.25, 0.3) is 11.1 Å². The Bertz CT molecular complexity index is 794. The molecule has 21 heavy (non-hydrogen) atoms. The number of nitriles is 1. The highest BCUT2D eigenvalue weighted by Gasteiger charge is 2.43. The molecule has 6 nitrogen and oxygen atoms in total. The largest absolute Gasteiger partial charge is 0.420 e. The lowest BCUT2D eigenvalue weighted by atomic mass is 9.98. The molecule has 0 aliphatic heterocycles. The van der Waals surface area contributed by atoms with Gasteiger partial charge in [0.1, 0.15) is 12.1 Å². The summed E-state index contributed by atoms with van der Waals surface area (Å²) in [5, 5.41) is 12.0. The minimum atomic E-state index is -0.861. The van der Waals surface area contributed by atoms with Crippen molar-refractivity contribution in [3.8, 4) is 6.07 Å². The lowest BCUT2D eigenvalue weighted by Crippen LogP contribution is -2.48. The van der Waals surface area contributed by atoms with Crippen molar-refractivity contribution in [1.29, 1.82) is 5.26 Å². The number of hydrogen-bond acceptors (Lipinski definition) is 4. The van der Waals surface area contributed by atoms with E-state index in [9.17, 15) is 14.9 Å². The Morgan fingerprint density at radius 3 is 2.90 bits per heavy atom. The number of hydrogen-bond donors (Lipinski definition) is 1. The number of nitrogens with zero attached hydrogens (tertiary/aromatic N) is 2. The Morgan fingerprint density at radius 1 is 1.52 bits per heavy atom. The van der Waals surface area contributed by atoms with Gasteiger partial charge in [0.15, 0.2) is 5.58 Å². The van der Waals surface area contributed by atoms with Gasteiger partial charge in [-0.1, -0.05) is 12.1 Å². The molecule has 3 rings (SSSR count). The van der Waals surface area contributed by atoms with Crippen LogP contribution in [0.4, 0.5) is 0 Å². The molecule has 0 saturated heterocycles. The summed E-state index contributed by atoms with van der Waals surface area (Å²) >= 11 is 0. The van der Waals surface area contributed by atoms with E-state index in [1.807, 2.05) is 0 Å². The van der Waals surface area contributed by atoms with Gasteiger partial charge < -0.3 is 9.73 Å². The third-order valence-corrected chi connectivity index (χ3v) is 3.90. The van der Waals surface area contributed by atoms with Gasteiger partial charge in [-0.25, -0.2) is 4.79 Å². The lowest BCUT2D eigenvalue weighted by Gasteiger charge is -2.22. The van der Waals surface area contributed by atoms with Crippen LogP contribution in [0.2, 0.25) is 0 Å². The van der Waals surface area contributed by atoms with Gasteiger partial charge in [0.2, 0.25) is 5.91 Å². The Kier molecular flexibility index (Phi) is 3.05. The van der Waals surface area contributed by atoms with E-state index in [1.54, 1.807) is 31.2 Å². The Labute approximate surface area is 121 Å². The normalized spacial score (nSPS) is 17.1. The van der Waals surface area contributed by atoms with Crippen molar-refractivity contribution < 1.29 is 9.21 Å². The summed E-state index contributed by atoms with van der Waals surface area (Å²) < 4.78 is 6.35. The summed E-state index contributed by atoms with van der Waals surface area (Å²) in [6.07, 6.45) is 1.89. The molecule has 108 valence electrons. The van der Waals surface area contributed by atoms with Gasteiger partial charge >= 0.3 is 5.76 Å². The highest BCUT2D eigenvalue weighted by atomic mass is 16.4. The number of fused-ring (bicyclic) bond motifs is 1. The zero-order valence-electron chi connectivity index (χ0n) is 11.6. The SMILES string of the molecule is C[C@](C#N)(NC(=O)Cn1c(=O)oc2ccccc21)C1CC1. The molecule has 6 heteroatoms. The number of amides is 1. The van der Waals surface area contributed by atoms with Gasteiger partial charge in [-0.2, -0.15) is 5.26 Å². The minimum absolute atomic E-state index is 0.153. The second-order valence-electron chi connectivity index (χ2n) is 5.56. The Hall–Kier alpha value is -2.55. The second kappa shape index (κ2) is 4.77. The highest BCUT2D eigenvalue weighted by Crippen LogP contribution is 2.39. The van der Waals surface area contributed by atoms with Crippen molar-refractivity contribution in [3.05, 3.63) is 34.8 Å². The van der Waals surface area contributed by atoms with Crippen LogP contribution in [0.15, 0.2) is 33.5 Å². The number of para-hydroxylation sites is 2. The van der Waals surface area contributed by atoms with E-state index in [2.05, 4.69) is 11.4 Å². The average Bonchev–Trinajstić information content (AvgIpc) is 3.26. The number of carbonyl (C=O) groups is 1. The molecule has 1 fully saturated rings. The van der Waals surface area contributed by atoms with E-state index in [1.165, 1.54) is 4.57 Å². The third-order valence-electron chi connectivity index (χ3n) is 3.90. The summed E-state index contributed by atoms with van der Waals surface area (Å²) in [6, 6.07) is 9.09. The van der Waals surface area contributed by atoms with Gasteiger partial charge in [-0.3, -0.25) is 9.36 Å². The van der Waals surface area contributed by atoms with Crippen LogP contribution in [0, 0.1) is 17.2 Å². The summed E-state index contributed by atoms with van der Waals surface area (Å²) in [7, 11) is 0. The molecule has 1 amide bonds. The first-order valence-electron chi connectivity index (χ1n) is 6.84. The van der Waals surface area contributed by atoms with E-state index in [0.29, 0.717) is 11.1 Å². The molecule has 1 heterocycles. The Morgan fingerprint density at radius 2 is 2.24 bits per heavy atom. The van der Waals surface area contributed by atoms with Crippen LogP contribution in [0.1, 0.15) is 19.8 Å². The number of carbonyl (C=O) groups excluding carboxylic acids is 1. The molecule has 1 atom stereocenters. The van der Waals surface area contributed by atoms with Crippen LogP contribution in [0.3, 0.4) is 0 Å². The molecule has 1 aliphatic rings. The van der Waals surface area contributed by atoms with Gasteiger partial charge in [0.05, 0.1) is 11.6 Å². The fraction of sp³-hybridized carbons (Fsp3) is 0.400. The number of oxazole rings is 1. The molecule has 1 aromatic carbocycles. The van der Waals surface area contributed by atoms with E-state index < -0.39 is 11.3 Å². The van der Waals surface area contributed by atoms with Gasteiger partial charge in [0, 0.05) is 0 Å². The van der Waals surface area contributed by atoms with Crippen molar-refractivity contribution in [3.63, 3.8) is 0 Å². The molecule has 1 saturated carbocycles. The monoisotopic (exact) mass is 285 g/mol. The minimum Gasteiger partial charge on any atom is -0.408 e. The average molecular weight is 285 g/mol. The lowest BCUT2D eigenvalue weighted by molar-refractivity contribution is -0.123. The number of nitrogens with one attached hydrogen (secondary N) is 1.